The summed E-state index contributed by atoms with van der Waals surface area (Å²) >= 11 is 5.92. The summed E-state index contributed by atoms with van der Waals surface area (Å²) in [4.78, 5) is 36.6. The van der Waals surface area contributed by atoms with Crippen LogP contribution in [-0.4, -0.2) is 46.4 Å². The SMILES string of the molecule is Cc1c(Cl)c(=O)oc2cc(OCC(=O)N[C@@H](CO)C(=O)Nc3cc(-c4ccccc4)[nH]n3)ccc12. The Bertz CT molecular complexity index is 1430. The molecule has 35 heavy (non-hydrogen) atoms. The van der Waals surface area contributed by atoms with Gasteiger partial charge in [0, 0.05) is 17.5 Å². The minimum absolute atomic E-state index is 0.00463. The van der Waals surface area contributed by atoms with Gasteiger partial charge in [0.15, 0.2) is 12.4 Å². The maximum Gasteiger partial charge on any atom is 0.355 e. The van der Waals surface area contributed by atoms with Crippen molar-refractivity contribution in [2.75, 3.05) is 18.5 Å². The van der Waals surface area contributed by atoms with E-state index in [9.17, 15) is 19.5 Å². The number of aromatic amines is 1. The van der Waals surface area contributed by atoms with Crippen LogP contribution in [0.2, 0.25) is 5.02 Å². The Hall–Kier alpha value is -4.15. The van der Waals surface area contributed by atoms with Crippen LogP contribution >= 0.6 is 11.6 Å². The molecule has 4 N–H and O–H groups in total. The molecule has 2 heterocycles. The van der Waals surface area contributed by atoms with Gasteiger partial charge in [-0.3, -0.25) is 14.7 Å². The molecule has 180 valence electrons. The lowest BCUT2D eigenvalue weighted by Gasteiger charge is -2.15. The molecule has 0 aliphatic carbocycles. The van der Waals surface area contributed by atoms with Crippen LogP contribution in [0.1, 0.15) is 5.56 Å². The van der Waals surface area contributed by atoms with Crippen LogP contribution in [-0.2, 0) is 9.59 Å². The van der Waals surface area contributed by atoms with Crippen LogP contribution < -0.4 is 21.0 Å². The van der Waals surface area contributed by atoms with Gasteiger partial charge < -0.3 is 24.9 Å². The minimum atomic E-state index is -1.22. The van der Waals surface area contributed by atoms with Gasteiger partial charge in [-0.2, -0.15) is 5.10 Å². The summed E-state index contributed by atoms with van der Waals surface area (Å²) in [5.41, 5.74) is 1.75. The summed E-state index contributed by atoms with van der Waals surface area (Å²) in [6.07, 6.45) is 0. The highest BCUT2D eigenvalue weighted by Crippen LogP contribution is 2.26. The topological polar surface area (TPSA) is 147 Å². The van der Waals surface area contributed by atoms with E-state index in [0.717, 1.165) is 5.56 Å². The molecule has 4 aromatic rings. The van der Waals surface area contributed by atoms with Gasteiger partial charge in [-0.25, -0.2) is 4.79 Å². The molecule has 2 aromatic carbocycles. The number of rotatable bonds is 8. The van der Waals surface area contributed by atoms with E-state index in [1.807, 2.05) is 30.3 Å². The predicted molar refractivity (Wildman–Crippen MR) is 129 cm³/mol. The molecule has 4 rings (SSSR count). The van der Waals surface area contributed by atoms with Crippen molar-refractivity contribution in [3.8, 4) is 17.0 Å². The fourth-order valence-electron chi connectivity index (χ4n) is 3.35. The molecule has 0 fully saturated rings. The Labute approximate surface area is 203 Å². The van der Waals surface area contributed by atoms with Crippen molar-refractivity contribution in [2.45, 2.75) is 13.0 Å². The highest BCUT2D eigenvalue weighted by Gasteiger charge is 2.21. The zero-order valence-corrected chi connectivity index (χ0v) is 19.3. The summed E-state index contributed by atoms with van der Waals surface area (Å²) in [6, 6.07) is 14.5. The van der Waals surface area contributed by atoms with Gasteiger partial charge in [0.1, 0.15) is 22.4 Å². The van der Waals surface area contributed by atoms with Crippen LogP contribution in [0.4, 0.5) is 5.82 Å². The maximum atomic E-state index is 12.5. The van der Waals surface area contributed by atoms with Gasteiger partial charge in [0.05, 0.1) is 12.3 Å². The summed E-state index contributed by atoms with van der Waals surface area (Å²) < 4.78 is 10.6. The zero-order chi connectivity index (χ0) is 24.9. The van der Waals surface area contributed by atoms with Crippen LogP contribution in [0.3, 0.4) is 0 Å². The van der Waals surface area contributed by atoms with Gasteiger partial charge in [-0.15, -0.1) is 0 Å². The average molecular weight is 497 g/mol. The number of benzene rings is 2. The number of nitrogens with zero attached hydrogens (tertiary/aromatic N) is 1. The molecule has 0 radical (unpaired) electrons. The van der Waals surface area contributed by atoms with Gasteiger partial charge in [0.2, 0.25) is 0 Å². The molecule has 2 aromatic heterocycles. The highest BCUT2D eigenvalue weighted by molar-refractivity contribution is 6.31. The summed E-state index contributed by atoms with van der Waals surface area (Å²) in [5.74, 6) is -0.773. The van der Waals surface area contributed by atoms with E-state index in [4.69, 9.17) is 20.8 Å². The Kier molecular flexibility index (Phi) is 7.14. The first-order valence-corrected chi connectivity index (χ1v) is 10.9. The van der Waals surface area contributed by atoms with E-state index < -0.39 is 36.7 Å². The van der Waals surface area contributed by atoms with Gasteiger partial charge >= 0.3 is 5.63 Å². The number of anilines is 1. The maximum absolute atomic E-state index is 12.5. The van der Waals surface area contributed by atoms with Crippen molar-refractivity contribution in [1.29, 1.82) is 0 Å². The second-order valence-electron chi connectivity index (χ2n) is 7.60. The quantitative estimate of drug-likeness (QED) is 0.274. The van der Waals surface area contributed by atoms with Crippen LogP contribution in [0.25, 0.3) is 22.2 Å². The molecule has 0 saturated carbocycles. The Morgan fingerprint density at radius 1 is 1.20 bits per heavy atom. The number of H-pyrrole nitrogens is 1. The first kappa shape index (κ1) is 24.0. The van der Waals surface area contributed by atoms with E-state index >= 15 is 0 Å². The van der Waals surface area contributed by atoms with E-state index in [1.54, 1.807) is 25.1 Å². The van der Waals surface area contributed by atoms with E-state index in [1.165, 1.54) is 6.07 Å². The number of aliphatic hydroxyl groups is 1. The van der Waals surface area contributed by atoms with Crippen molar-refractivity contribution in [3.63, 3.8) is 0 Å². The standard InChI is InChI=1S/C24H21ClN4O6/c1-13-16-8-7-15(9-19(16)35-24(33)22(13)25)34-12-21(31)26-18(11-30)23(32)27-20-10-17(28-29-20)14-5-3-2-4-6-14/h2-10,18,30H,11-12H2,1H3,(H,26,31)(H2,27,28,29,32)/t18-/m0/s1. The number of carbonyl (C=O) groups is 2. The lowest BCUT2D eigenvalue weighted by atomic mass is 10.1. The molecule has 11 heteroatoms. The number of hydrogen-bond acceptors (Lipinski definition) is 7. The first-order valence-electron chi connectivity index (χ1n) is 10.5. The normalized spacial score (nSPS) is 11.7. The fraction of sp³-hybridized carbons (Fsp3) is 0.167. The molecule has 0 aliphatic rings. The molecule has 2 amide bonds. The molecule has 0 saturated heterocycles. The van der Waals surface area contributed by atoms with Crippen LogP contribution in [0.5, 0.6) is 5.75 Å². The number of aliphatic hydroxyl groups excluding tert-OH is 1. The predicted octanol–water partition coefficient (Wildman–Crippen LogP) is 2.64. The van der Waals surface area contributed by atoms with Gasteiger partial charge in [0.25, 0.3) is 11.8 Å². The molecule has 0 spiro atoms. The third kappa shape index (κ3) is 5.51. The smallest absolute Gasteiger partial charge is 0.355 e. The number of halogens is 1. The Morgan fingerprint density at radius 2 is 1.97 bits per heavy atom. The van der Waals surface area contributed by atoms with Gasteiger partial charge in [-0.1, -0.05) is 41.9 Å². The molecular formula is C24H21ClN4O6. The third-order valence-corrected chi connectivity index (χ3v) is 5.62. The summed E-state index contributed by atoms with van der Waals surface area (Å²) in [6.45, 7) is 0.627. The fourth-order valence-corrected chi connectivity index (χ4v) is 3.49. The number of ether oxygens (including phenoxy) is 1. The molecule has 0 bridgehead atoms. The second-order valence-corrected chi connectivity index (χ2v) is 7.98. The monoisotopic (exact) mass is 496 g/mol. The summed E-state index contributed by atoms with van der Waals surface area (Å²) in [7, 11) is 0. The molecule has 1 atom stereocenters. The van der Waals surface area contributed by atoms with Crippen molar-refractivity contribution in [2.24, 2.45) is 0 Å². The van der Waals surface area contributed by atoms with Crippen LogP contribution in [0, 0.1) is 6.92 Å². The largest absolute Gasteiger partial charge is 0.484 e. The third-order valence-electron chi connectivity index (χ3n) is 5.19. The highest BCUT2D eigenvalue weighted by atomic mass is 35.5. The molecule has 0 aliphatic heterocycles. The first-order chi connectivity index (χ1) is 16.9. The Balaban J connectivity index is 1.34. The van der Waals surface area contributed by atoms with Crippen molar-refractivity contribution < 1.29 is 23.8 Å². The van der Waals surface area contributed by atoms with E-state index in [2.05, 4.69) is 20.8 Å². The lowest BCUT2D eigenvalue weighted by molar-refractivity contribution is -0.128. The molecule has 0 unspecified atom stereocenters. The molecule has 10 nitrogen and oxygen atoms in total. The number of nitrogens with one attached hydrogen (secondary N) is 3. The molecular weight excluding hydrogens is 476 g/mol. The van der Waals surface area contributed by atoms with Gasteiger partial charge in [-0.05, 0) is 30.2 Å². The Morgan fingerprint density at radius 3 is 2.71 bits per heavy atom. The lowest BCUT2D eigenvalue weighted by Crippen LogP contribution is -2.47. The number of aromatic nitrogens is 2. The van der Waals surface area contributed by atoms with E-state index in [0.29, 0.717) is 16.6 Å². The number of fused-ring (bicyclic) bond motifs is 1. The van der Waals surface area contributed by atoms with Crippen LogP contribution in [0.15, 0.2) is 63.8 Å². The second kappa shape index (κ2) is 10.4. The average Bonchev–Trinajstić information content (AvgIpc) is 3.33. The zero-order valence-electron chi connectivity index (χ0n) is 18.5. The number of hydrogen-bond donors (Lipinski definition) is 4. The van der Waals surface area contributed by atoms with E-state index in [-0.39, 0.29) is 22.2 Å². The van der Waals surface area contributed by atoms with Crippen molar-refractivity contribution in [3.05, 3.63) is 75.6 Å². The minimum Gasteiger partial charge on any atom is -0.484 e. The van der Waals surface area contributed by atoms with Crippen molar-refractivity contribution in [1.82, 2.24) is 15.5 Å². The number of aryl methyl sites for hydroxylation is 1. The summed E-state index contributed by atoms with van der Waals surface area (Å²) in [5, 5.41) is 22.0. The van der Waals surface area contributed by atoms with Crippen molar-refractivity contribution >= 4 is 40.2 Å². The number of amides is 2. The number of carbonyl (C=O) groups excluding carboxylic acids is 2.